The van der Waals surface area contributed by atoms with Crippen LogP contribution in [-0.4, -0.2) is 35.2 Å². The van der Waals surface area contributed by atoms with Crippen LogP contribution >= 0.6 is 0 Å². The van der Waals surface area contributed by atoms with Gasteiger partial charge in [0, 0.05) is 12.0 Å². The lowest BCUT2D eigenvalue weighted by atomic mass is 10.0. The molecule has 1 atom stereocenters. The van der Waals surface area contributed by atoms with Crippen molar-refractivity contribution in [2.45, 2.75) is 38.3 Å². The summed E-state index contributed by atoms with van der Waals surface area (Å²) in [4.78, 5) is 2.29. The number of nitrogens with zero attached hydrogens (tertiary/aromatic N) is 2. The highest BCUT2D eigenvalue weighted by Gasteiger charge is 2.51. The number of hydrogen-bond acceptors (Lipinski definition) is 3. The maximum Gasteiger partial charge on any atom is 0.271 e. The van der Waals surface area contributed by atoms with Crippen LogP contribution in [0.1, 0.15) is 38.2 Å². The second kappa shape index (κ2) is 7.12. The number of ether oxygens (including phenoxy) is 1. The minimum Gasteiger partial charge on any atom is -0.494 e. The Balaban J connectivity index is 1.73. The van der Waals surface area contributed by atoms with Gasteiger partial charge in [-0.2, -0.15) is 0 Å². The van der Waals surface area contributed by atoms with Crippen molar-refractivity contribution in [2.24, 2.45) is 0 Å². The molecule has 2 aliphatic heterocycles. The van der Waals surface area contributed by atoms with Gasteiger partial charge in [-0.1, -0.05) is 30.3 Å². The molecule has 0 saturated carbocycles. The molecule has 2 aromatic carbocycles. The van der Waals surface area contributed by atoms with Crippen LogP contribution in [0, 0.1) is 0 Å². The minimum absolute atomic E-state index is 0.556. The average Bonchev–Trinajstić information content (AvgIpc) is 2.83. The molecular formula is C22H27N2O2+. The van der Waals surface area contributed by atoms with E-state index in [-0.39, 0.29) is 0 Å². The van der Waals surface area contributed by atoms with E-state index in [0.717, 1.165) is 36.4 Å². The van der Waals surface area contributed by atoms with Crippen molar-refractivity contribution in [3.05, 3.63) is 60.2 Å². The van der Waals surface area contributed by atoms with Crippen molar-refractivity contribution in [2.75, 3.05) is 24.6 Å². The summed E-state index contributed by atoms with van der Waals surface area (Å²) >= 11 is 0. The predicted molar refractivity (Wildman–Crippen MR) is 104 cm³/mol. The maximum atomic E-state index is 11.7. The molecule has 0 bridgehead atoms. The zero-order valence-corrected chi connectivity index (χ0v) is 15.4. The Morgan fingerprint density at radius 2 is 1.81 bits per heavy atom. The van der Waals surface area contributed by atoms with E-state index >= 15 is 0 Å². The molecule has 4 nitrogen and oxygen atoms in total. The van der Waals surface area contributed by atoms with Crippen molar-refractivity contribution < 1.29 is 14.4 Å². The van der Waals surface area contributed by atoms with Gasteiger partial charge in [0.1, 0.15) is 11.4 Å². The SMILES string of the molecule is CCOc1ccc(N2C[C@](O)(c3ccccc3)[N+]3=C2CCCCC3)cc1. The van der Waals surface area contributed by atoms with E-state index in [1.54, 1.807) is 0 Å². The molecule has 0 aliphatic carbocycles. The van der Waals surface area contributed by atoms with E-state index < -0.39 is 5.72 Å². The molecule has 0 aromatic heterocycles. The van der Waals surface area contributed by atoms with Crippen LogP contribution in [0.3, 0.4) is 0 Å². The monoisotopic (exact) mass is 351 g/mol. The molecule has 0 radical (unpaired) electrons. The number of benzene rings is 2. The standard InChI is InChI=1S/C22H27N2O2/c1-2-26-20-14-12-19(13-15-20)23-17-22(25,18-9-5-3-6-10-18)24-16-8-4-7-11-21(23)24/h3,5-6,9-10,12-15,25H,2,4,7-8,11,16-17H2,1H3/q+1/t22-/m0/s1. The zero-order valence-electron chi connectivity index (χ0n) is 15.4. The van der Waals surface area contributed by atoms with E-state index in [0.29, 0.717) is 13.2 Å². The van der Waals surface area contributed by atoms with Crippen molar-refractivity contribution in [3.8, 4) is 5.75 Å². The lowest BCUT2D eigenvalue weighted by molar-refractivity contribution is -0.658. The Kier molecular flexibility index (Phi) is 4.68. The Morgan fingerprint density at radius 3 is 2.54 bits per heavy atom. The second-order valence-electron chi connectivity index (χ2n) is 7.07. The van der Waals surface area contributed by atoms with Crippen molar-refractivity contribution in [1.82, 2.24) is 0 Å². The normalized spacial score (nSPS) is 22.9. The third kappa shape index (κ3) is 2.99. The van der Waals surface area contributed by atoms with Gasteiger partial charge in [-0.25, -0.2) is 9.48 Å². The summed E-state index contributed by atoms with van der Waals surface area (Å²) in [5.74, 6) is 2.12. The summed E-state index contributed by atoms with van der Waals surface area (Å²) in [6.07, 6.45) is 4.50. The fourth-order valence-electron chi connectivity index (χ4n) is 4.15. The minimum atomic E-state index is -0.973. The smallest absolute Gasteiger partial charge is 0.271 e. The highest BCUT2D eigenvalue weighted by Crippen LogP contribution is 2.35. The van der Waals surface area contributed by atoms with E-state index in [9.17, 15) is 5.11 Å². The number of β-amino-alcohol motifs (C(OH)–C–C–N with tert-alkyl or cyclic N) is 1. The first-order valence-electron chi connectivity index (χ1n) is 9.64. The van der Waals surface area contributed by atoms with E-state index in [1.807, 2.05) is 49.4 Å². The second-order valence-corrected chi connectivity index (χ2v) is 7.07. The van der Waals surface area contributed by atoms with E-state index in [4.69, 9.17) is 4.74 Å². The van der Waals surface area contributed by atoms with Gasteiger partial charge in [0.25, 0.3) is 11.6 Å². The molecule has 0 saturated heterocycles. The third-order valence-electron chi connectivity index (χ3n) is 5.43. The highest BCUT2D eigenvalue weighted by atomic mass is 16.5. The highest BCUT2D eigenvalue weighted by molar-refractivity contribution is 5.96. The lowest BCUT2D eigenvalue weighted by Crippen LogP contribution is -2.40. The average molecular weight is 351 g/mol. The molecule has 0 fully saturated rings. The first kappa shape index (κ1) is 17.1. The summed E-state index contributed by atoms with van der Waals surface area (Å²) < 4.78 is 7.80. The van der Waals surface area contributed by atoms with Gasteiger partial charge in [0.2, 0.25) is 0 Å². The Hall–Kier alpha value is -2.33. The van der Waals surface area contributed by atoms with Crippen LogP contribution in [0.25, 0.3) is 0 Å². The molecule has 0 spiro atoms. The molecule has 4 heteroatoms. The van der Waals surface area contributed by atoms with E-state index in [2.05, 4.69) is 21.6 Å². The molecule has 1 N–H and O–H groups in total. The van der Waals surface area contributed by atoms with Gasteiger partial charge in [0.15, 0.2) is 6.54 Å². The first-order chi connectivity index (χ1) is 12.7. The largest absolute Gasteiger partial charge is 0.494 e. The van der Waals surface area contributed by atoms with E-state index in [1.165, 1.54) is 18.7 Å². The summed E-state index contributed by atoms with van der Waals surface area (Å²) in [5, 5.41) is 11.7. The van der Waals surface area contributed by atoms with Crippen LogP contribution in [-0.2, 0) is 5.72 Å². The fourth-order valence-corrected chi connectivity index (χ4v) is 4.15. The van der Waals surface area contributed by atoms with Crippen LogP contribution in [0.4, 0.5) is 5.69 Å². The summed E-state index contributed by atoms with van der Waals surface area (Å²) in [6, 6.07) is 18.3. The summed E-state index contributed by atoms with van der Waals surface area (Å²) in [5.41, 5.74) is 1.11. The molecule has 2 aromatic rings. The van der Waals surface area contributed by atoms with Crippen molar-refractivity contribution in [1.29, 1.82) is 0 Å². The first-order valence-corrected chi connectivity index (χ1v) is 9.64. The summed E-state index contributed by atoms with van der Waals surface area (Å²) in [7, 11) is 0. The van der Waals surface area contributed by atoms with Crippen LogP contribution in [0.15, 0.2) is 54.6 Å². The van der Waals surface area contributed by atoms with Crippen molar-refractivity contribution >= 4 is 11.5 Å². The van der Waals surface area contributed by atoms with Gasteiger partial charge in [-0.15, -0.1) is 0 Å². The third-order valence-corrected chi connectivity index (χ3v) is 5.43. The number of anilines is 1. The Bertz CT molecular complexity index is 786. The molecular weight excluding hydrogens is 324 g/mol. The topological polar surface area (TPSA) is 35.7 Å². The molecule has 0 amide bonds. The van der Waals surface area contributed by atoms with Gasteiger partial charge < -0.3 is 9.84 Å². The molecule has 0 unspecified atom stereocenters. The van der Waals surface area contributed by atoms with Crippen LogP contribution < -0.4 is 9.64 Å². The number of amidine groups is 1. The number of rotatable bonds is 4. The Morgan fingerprint density at radius 1 is 1.04 bits per heavy atom. The molecule has 136 valence electrons. The van der Waals surface area contributed by atoms with Crippen LogP contribution in [0.5, 0.6) is 5.75 Å². The predicted octanol–water partition coefficient (Wildman–Crippen LogP) is 3.74. The maximum absolute atomic E-state index is 11.7. The van der Waals surface area contributed by atoms with Gasteiger partial charge >= 0.3 is 0 Å². The van der Waals surface area contributed by atoms with Gasteiger partial charge in [0.05, 0.1) is 13.2 Å². The Labute approximate surface area is 155 Å². The van der Waals surface area contributed by atoms with Crippen molar-refractivity contribution in [3.63, 3.8) is 0 Å². The molecule has 2 heterocycles. The number of hydrogen-bond donors (Lipinski definition) is 1. The summed E-state index contributed by atoms with van der Waals surface area (Å²) in [6.45, 7) is 4.12. The molecule has 26 heavy (non-hydrogen) atoms. The quantitative estimate of drug-likeness (QED) is 0.853. The molecule has 4 rings (SSSR count). The number of aliphatic hydroxyl groups is 1. The zero-order chi connectivity index (χ0) is 18.0. The molecule has 2 aliphatic rings. The van der Waals surface area contributed by atoms with Gasteiger partial charge in [-0.3, -0.25) is 0 Å². The van der Waals surface area contributed by atoms with Gasteiger partial charge in [-0.05, 0) is 50.5 Å². The van der Waals surface area contributed by atoms with Crippen LogP contribution in [0.2, 0.25) is 0 Å². The lowest BCUT2D eigenvalue weighted by Gasteiger charge is -2.23. The fraction of sp³-hybridized carbons (Fsp3) is 0.409.